The summed E-state index contributed by atoms with van der Waals surface area (Å²) >= 11 is 6.06. The van der Waals surface area contributed by atoms with Gasteiger partial charge in [-0.05, 0) is 18.2 Å². The van der Waals surface area contributed by atoms with Crippen LogP contribution in [0.3, 0.4) is 0 Å². The standard InChI is InChI=1S/C16H14ClN3O6/c1-23-12-7-13(24-2)10(6-9(12)17)18-14(21)8-20-16(22)26-15(19-20)11-4-3-5-25-11/h3-7H,8H2,1-2H3,(H,18,21). The largest absolute Gasteiger partial charge is 0.495 e. The van der Waals surface area contributed by atoms with Gasteiger partial charge in [-0.1, -0.05) is 11.6 Å². The highest BCUT2D eigenvalue weighted by Gasteiger charge is 2.17. The molecule has 2 heterocycles. The summed E-state index contributed by atoms with van der Waals surface area (Å²) in [6, 6.07) is 6.23. The Labute approximate surface area is 152 Å². The van der Waals surface area contributed by atoms with E-state index in [1.165, 1.54) is 32.6 Å². The third kappa shape index (κ3) is 3.57. The summed E-state index contributed by atoms with van der Waals surface area (Å²) in [5.74, 6) is -0.291. The van der Waals surface area contributed by atoms with Crippen molar-refractivity contribution < 1.29 is 23.1 Å². The fourth-order valence-corrected chi connectivity index (χ4v) is 2.43. The van der Waals surface area contributed by atoms with Crippen molar-refractivity contribution >= 4 is 23.2 Å². The average molecular weight is 380 g/mol. The summed E-state index contributed by atoms with van der Waals surface area (Å²) in [4.78, 5) is 24.1. The van der Waals surface area contributed by atoms with Gasteiger partial charge in [0.15, 0.2) is 5.76 Å². The van der Waals surface area contributed by atoms with Gasteiger partial charge in [0.25, 0.3) is 5.89 Å². The average Bonchev–Trinajstić information content (AvgIpc) is 3.25. The normalized spacial score (nSPS) is 10.6. The number of ether oxygens (including phenoxy) is 2. The SMILES string of the molecule is COc1cc(OC)c(NC(=O)Cn2nc(-c3ccco3)oc2=O)cc1Cl. The molecule has 1 aromatic carbocycles. The highest BCUT2D eigenvalue weighted by atomic mass is 35.5. The lowest BCUT2D eigenvalue weighted by molar-refractivity contribution is -0.117. The summed E-state index contributed by atoms with van der Waals surface area (Å²) in [6.07, 6.45) is 1.42. The third-order valence-corrected chi connectivity index (χ3v) is 3.67. The summed E-state index contributed by atoms with van der Waals surface area (Å²) in [7, 11) is 2.91. The monoisotopic (exact) mass is 379 g/mol. The molecule has 26 heavy (non-hydrogen) atoms. The van der Waals surface area contributed by atoms with E-state index in [4.69, 9.17) is 29.9 Å². The number of methoxy groups -OCH3 is 2. The van der Waals surface area contributed by atoms with Gasteiger partial charge in [0.2, 0.25) is 5.91 Å². The molecule has 0 saturated carbocycles. The van der Waals surface area contributed by atoms with Gasteiger partial charge in [-0.15, -0.1) is 5.10 Å². The van der Waals surface area contributed by atoms with E-state index in [0.717, 1.165) is 4.68 Å². The quantitative estimate of drug-likeness (QED) is 0.700. The third-order valence-electron chi connectivity index (χ3n) is 3.38. The van der Waals surface area contributed by atoms with E-state index in [0.29, 0.717) is 22.2 Å². The Balaban J connectivity index is 1.78. The topological polar surface area (TPSA) is 109 Å². The molecule has 0 fully saturated rings. The maximum atomic E-state index is 12.3. The lowest BCUT2D eigenvalue weighted by Crippen LogP contribution is -2.26. The van der Waals surface area contributed by atoms with Crippen molar-refractivity contribution in [1.29, 1.82) is 0 Å². The van der Waals surface area contributed by atoms with Gasteiger partial charge in [-0.2, -0.15) is 4.68 Å². The molecule has 0 aliphatic rings. The van der Waals surface area contributed by atoms with Crippen LogP contribution in [0.15, 0.2) is 44.2 Å². The molecule has 0 aliphatic heterocycles. The zero-order valence-electron chi connectivity index (χ0n) is 13.8. The van der Waals surface area contributed by atoms with E-state index in [2.05, 4.69) is 10.4 Å². The van der Waals surface area contributed by atoms with Crippen molar-refractivity contribution in [2.24, 2.45) is 0 Å². The molecule has 1 amide bonds. The Hall–Kier alpha value is -3.20. The van der Waals surface area contributed by atoms with Gasteiger partial charge in [-0.25, -0.2) is 4.79 Å². The summed E-state index contributed by atoms with van der Waals surface area (Å²) < 4.78 is 21.2. The Morgan fingerprint density at radius 3 is 2.73 bits per heavy atom. The minimum Gasteiger partial charge on any atom is -0.495 e. The first-order valence-corrected chi connectivity index (χ1v) is 7.73. The van der Waals surface area contributed by atoms with Crippen molar-refractivity contribution in [2.75, 3.05) is 19.5 Å². The number of carbonyl (C=O) groups excluding carboxylic acids is 1. The predicted octanol–water partition coefficient (Wildman–Crippen LogP) is 2.41. The van der Waals surface area contributed by atoms with Crippen LogP contribution in [0.1, 0.15) is 0 Å². The van der Waals surface area contributed by atoms with Crippen molar-refractivity contribution in [3.63, 3.8) is 0 Å². The summed E-state index contributed by atoms with van der Waals surface area (Å²) in [6.45, 7) is -0.365. The van der Waals surface area contributed by atoms with Crippen LogP contribution < -0.4 is 20.5 Å². The predicted molar refractivity (Wildman–Crippen MR) is 91.7 cm³/mol. The lowest BCUT2D eigenvalue weighted by atomic mass is 10.2. The second-order valence-corrected chi connectivity index (χ2v) is 5.45. The van der Waals surface area contributed by atoms with E-state index in [9.17, 15) is 9.59 Å². The lowest BCUT2D eigenvalue weighted by Gasteiger charge is -2.12. The molecule has 0 saturated heterocycles. The first kappa shape index (κ1) is 17.6. The van der Waals surface area contributed by atoms with Crippen LogP contribution >= 0.6 is 11.6 Å². The molecule has 136 valence electrons. The van der Waals surface area contributed by atoms with E-state index in [1.54, 1.807) is 12.1 Å². The molecular weight excluding hydrogens is 366 g/mol. The number of amides is 1. The molecule has 2 aromatic heterocycles. The van der Waals surface area contributed by atoms with E-state index < -0.39 is 11.7 Å². The highest BCUT2D eigenvalue weighted by Crippen LogP contribution is 2.35. The molecule has 0 unspecified atom stereocenters. The molecular formula is C16H14ClN3O6. The van der Waals surface area contributed by atoms with Crippen LogP contribution in [-0.2, 0) is 11.3 Å². The number of anilines is 1. The zero-order valence-corrected chi connectivity index (χ0v) is 14.6. The van der Waals surface area contributed by atoms with Gasteiger partial charge in [0, 0.05) is 6.07 Å². The second kappa shape index (κ2) is 7.36. The van der Waals surface area contributed by atoms with Crippen LogP contribution in [-0.4, -0.2) is 29.9 Å². The number of furan rings is 1. The minimum atomic E-state index is -0.786. The zero-order chi connectivity index (χ0) is 18.7. The van der Waals surface area contributed by atoms with E-state index in [1.807, 2.05) is 0 Å². The first-order valence-electron chi connectivity index (χ1n) is 7.35. The second-order valence-electron chi connectivity index (χ2n) is 5.04. The minimum absolute atomic E-state index is 0.0159. The number of hydrogen-bond donors (Lipinski definition) is 1. The van der Waals surface area contributed by atoms with Crippen LogP contribution in [0.5, 0.6) is 11.5 Å². The van der Waals surface area contributed by atoms with Gasteiger partial charge in [-0.3, -0.25) is 4.79 Å². The van der Waals surface area contributed by atoms with Crippen molar-refractivity contribution in [1.82, 2.24) is 9.78 Å². The molecule has 3 aromatic rings. The molecule has 3 rings (SSSR count). The Morgan fingerprint density at radius 2 is 2.08 bits per heavy atom. The number of nitrogens with one attached hydrogen (secondary N) is 1. The summed E-state index contributed by atoms with van der Waals surface area (Å²) in [5.41, 5.74) is 0.325. The fourth-order valence-electron chi connectivity index (χ4n) is 2.19. The molecule has 0 bridgehead atoms. The van der Waals surface area contributed by atoms with E-state index in [-0.39, 0.29) is 18.2 Å². The van der Waals surface area contributed by atoms with Crippen LogP contribution in [0.25, 0.3) is 11.7 Å². The molecule has 0 aliphatic carbocycles. The number of halogens is 1. The van der Waals surface area contributed by atoms with Crippen LogP contribution in [0.4, 0.5) is 5.69 Å². The van der Waals surface area contributed by atoms with Crippen molar-refractivity contribution in [3.05, 3.63) is 46.1 Å². The molecule has 0 atom stereocenters. The molecule has 1 N–H and O–H groups in total. The number of nitrogens with zero attached hydrogens (tertiary/aromatic N) is 2. The van der Waals surface area contributed by atoms with Gasteiger partial charge in [0.05, 0.1) is 31.2 Å². The summed E-state index contributed by atoms with van der Waals surface area (Å²) in [5, 5.41) is 6.83. The number of aromatic nitrogens is 2. The van der Waals surface area contributed by atoms with Crippen LogP contribution in [0, 0.1) is 0 Å². The van der Waals surface area contributed by atoms with Gasteiger partial charge < -0.3 is 23.6 Å². The van der Waals surface area contributed by atoms with E-state index >= 15 is 0 Å². The van der Waals surface area contributed by atoms with Gasteiger partial charge in [0.1, 0.15) is 18.0 Å². The molecule has 0 spiro atoms. The Kier molecular flexibility index (Phi) is 4.99. The Bertz CT molecular complexity index is 977. The van der Waals surface area contributed by atoms with Crippen molar-refractivity contribution in [2.45, 2.75) is 6.54 Å². The van der Waals surface area contributed by atoms with Gasteiger partial charge >= 0.3 is 5.76 Å². The molecule has 9 nitrogen and oxygen atoms in total. The fraction of sp³-hybridized carbons (Fsp3) is 0.188. The molecule has 10 heteroatoms. The number of hydrogen-bond acceptors (Lipinski definition) is 7. The molecule has 0 radical (unpaired) electrons. The Morgan fingerprint density at radius 1 is 1.31 bits per heavy atom. The number of benzene rings is 1. The maximum Gasteiger partial charge on any atom is 0.437 e. The number of carbonyl (C=O) groups is 1. The van der Waals surface area contributed by atoms with Crippen molar-refractivity contribution in [3.8, 4) is 23.1 Å². The number of rotatable bonds is 6. The highest BCUT2D eigenvalue weighted by molar-refractivity contribution is 6.32. The maximum absolute atomic E-state index is 12.3. The van der Waals surface area contributed by atoms with Crippen LogP contribution in [0.2, 0.25) is 5.02 Å². The smallest absolute Gasteiger partial charge is 0.437 e. The first-order chi connectivity index (χ1) is 12.5.